The first-order valence-corrected chi connectivity index (χ1v) is 6.57. The molecule has 1 atom stereocenters. The van der Waals surface area contributed by atoms with Crippen LogP contribution >= 0.6 is 11.8 Å². The Morgan fingerprint density at radius 3 is 2.72 bits per heavy atom. The average molecular weight is 263 g/mol. The minimum Gasteiger partial charge on any atom is -0.480 e. The van der Waals surface area contributed by atoms with Crippen molar-refractivity contribution in [2.45, 2.75) is 17.4 Å². The van der Waals surface area contributed by atoms with Gasteiger partial charge in [-0.2, -0.15) is 0 Å². The van der Waals surface area contributed by atoms with Gasteiger partial charge in [0, 0.05) is 11.3 Å². The number of nitrogens with zero attached hydrogens (tertiary/aromatic N) is 1. The van der Waals surface area contributed by atoms with Crippen LogP contribution in [0.5, 0.6) is 0 Å². The SMILES string of the molecule is O=C(O)C(Cc1ccccc1)SCc1cnoc1. The van der Waals surface area contributed by atoms with Gasteiger partial charge in [-0.3, -0.25) is 4.79 Å². The Morgan fingerprint density at radius 1 is 1.33 bits per heavy atom. The molecule has 94 valence electrons. The number of carbonyl (C=O) groups is 1. The Morgan fingerprint density at radius 2 is 2.11 bits per heavy atom. The first-order valence-electron chi connectivity index (χ1n) is 5.52. The van der Waals surface area contributed by atoms with Crippen molar-refractivity contribution in [3.63, 3.8) is 0 Å². The second-order valence-corrected chi connectivity index (χ2v) is 5.05. The number of rotatable bonds is 6. The third-order valence-corrected chi connectivity index (χ3v) is 3.74. The standard InChI is InChI=1S/C13H13NO3S/c15-13(16)12(6-10-4-2-1-3-5-10)18-9-11-7-14-17-8-11/h1-5,7-8,12H,6,9H2,(H,15,16). The molecule has 2 aromatic rings. The lowest BCUT2D eigenvalue weighted by Gasteiger charge is -2.11. The molecule has 1 N–H and O–H groups in total. The highest BCUT2D eigenvalue weighted by molar-refractivity contribution is 7.99. The number of carboxylic acids is 1. The maximum atomic E-state index is 11.2. The summed E-state index contributed by atoms with van der Waals surface area (Å²) in [6, 6.07) is 9.63. The first-order chi connectivity index (χ1) is 8.75. The highest BCUT2D eigenvalue weighted by atomic mass is 32.2. The molecule has 0 aliphatic carbocycles. The molecule has 2 rings (SSSR count). The molecule has 0 fully saturated rings. The van der Waals surface area contributed by atoms with Gasteiger partial charge in [0.05, 0.1) is 6.20 Å². The van der Waals surface area contributed by atoms with Crippen LogP contribution in [0.4, 0.5) is 0 Å². The molecule has 1 aromatic carbocycles. The van der Waals surface area contributed by atoms with E-state index in [4.69, 9.17) is 4.52 Å². The normalized spacial score (nSPS) is 12.2. The Hall–Kier alpha value is -1.75. The van der Waals surface area contributed by atoms with Crippen molar-refractivity contribution in [1.29, 1.82) is 0 Å². The Kier molecular flexibility index (Phi) is 4.41. The van der Waals surface area contributed by atoms with Crippen LogP contribution in [0.3, 0.4) is 0 Å². The van der Waals surface area contributed by atoms with E-state index in [0.717, 1.165) is 11.1 Å². The summed E-state index contributed by atoms with van der Waals surface area (Å²) < 4.78 is 4.71. The van der Waals surface area contributed by atoms with Gasteiger partial charge in [-0.25, -0.2) is 0 Å². The van der Waals surface area contributed by atoms with Gasteiger partial charge >= 0.3 is 5.97 Å². The molecule has 0 aliphatic heterocycles. The number of thioether (sulfide) groups is 1. The van der Waals surface area contributed by atoms with E-state index in [1.165, 1.54) is 18.0 Å². The van der Waals surface area contributed by atoms with Crippen molar-refractivity contribution >= 4 is 17.7 Å². The van der Waals surface area contributed by atoms with Crippen LogP contribution < -0.4 is 0 Å². The highest BCUT2D eigenvalue weighted by Crippen LogP contribution is 2.21. The summed E-state index contributed by atoms with van der Waals surface area (Å²) >= 11 is 1.38. The van der Waals surface area contributed by atoms with Crippen LogP contribution in [-0.2, 0) is 17.0 Å². The van der Waals surface area contributed by atoms with Crippen LogP contribution in [0, 0.1) is 0 Å². The Bertz CT molecular complexity index is 484. The van der Waals surface area contributed by atoms with Gasteiger partial charge in [0.25, 0.3) is 0 Å². The zero-order chi connectivity index (χ0) is 12.8. The van der Waals surface area contributed by atoms with Gasteiger partial charge in [0.1, 0.15) is 11.5 Å². The molecule has 0 aliphatic rings. The molecular formula is C13H13NO3S. The Labute approximate surface area is 109 Å². The molecule has 1 aromatic heterocycles. The molecule has 0 radical (unpaired) electrons. The summed E-state index contributed by atoms with van der Waals surface area (Å²) in [4.78, 5) is 11.2. The fourth-order valence-corrected chi connectivity index (χ4v) is 2.53. The minimum absolute atomic E-state index is 0.456. The maximum Gasteiger partial charge on any atom is 0.316 e. The van der Waals surface area contributed by atoms with Crippen molar-refractivity contribution in [2.75, 3.05) is 0 Å². The van der Waals surface area contributed by atoms with Gasteiger partial charge < -0.3 is 9.63 Å². The lowest BCUT2D eigenvalue weighted by Crippen LogP contribution is -2.19. The summed E-state index contributed by atoms with van der Waals surface area (Å²) in [5.41, 5.74) is 1.93. The zero-order valence-electron chi connectivity index (χ0n) is 9.65. The highest BCUT2D eigenvalue weighted by Gasteiger charge is 2.18. The maximum absolute atomic E-state index is 11.2. The second kappa shape index (κ2) is 6.26. The van der Waals surface area contributed by atoms with Crippen molar-refractivity contribution in [3.05, 3.63) is 53.9 Å². The second-order valence-electron chi connectivity index (χ2n) is 3.86. The van der Waals surface area contributed by atoms with Crippen molar-refractivity contribution in [2.24, 2.45) is 0 Å². The summed E-state index contributed by atoms with van der Waals surface area (Å²) in [6.45, 7) is 0. The zero-order valence-corrected chi connectivity index (χ0v) is 10.5. The van der Waals surface area contributed by atoms with E-state index < -0.39 is 11.2 Å². The number of benzene rings is 1. The molecule has 1 heterocycles. The predicted octanol–water partition coefficient (Wildman–Crippen LogP) is 2.60. The van der Waals surface area contributed by atoms with Gasteiger partial charge in [-0.15, -0.1) is 11.8 Å². The first kappa shape index (κ1) is 12.7. The van der Waals surface area contributed by atoms with Crippen LogP contribution in [0.1, 0.15) is 11.1 Å². The van der Waals surface area contributed by atoms with Crippen LogP contribution in [0.25, 0.3) is 0 Å². The van der Waals surface area contributed by atoms with E-state index in [1.807, 2.05) is 30.3 Å². The summed E-state index contributed by atoms with van der Waals surface area (Å²) in [7, 11) is 0. The van der Waals surface area contributed by atoms with E-state index in [0.29, 0.717) is 12.2 Å². The van der Waals surface area contributed by atoms with E-state index in [1.54, 1.807) is 6.20 Å². The lowest BCUT2D eigenvalue weighted by molar-refractivity contribution is -0.136. The van der Waals surface area contributed by atoms with Crippen molar-refractivity contribution in [1.82, 2.24) is 5.16 Å². The molecule has 0 saturated carbocycles. The summed E-state index contributed by atoms with van der Waals surface area (Å²) in [5, 5.41) is 12.3. The molecule has 5 heteroatoms. The van der Waals surface area contributed by atoms with Gasteiger partial charge in [-0.1, -0.05) is 35.5 Å². The lowest BCUT2D eigenvalue weighted by atomic mass is 10.1. The predicted molar refractivity (Wildman–Crippen MR) is 69.4 cm³/mol. The molecule has 0 amide bonds. The molecule has 0 spiro atoms. The van der Waals surface area contributed by atoms with E-state index in [2.05, 4.69) is 5.16 Å². The largest absolute Gasteiger partial charge is 0.480 e. The average Bonchev–Trinajstić information content (AvgIpc) is 2.88. The van der Waals surface area contributed by atoms with Crippen molar-refractivity contribution < 1.29 is 14.4 Å². The smallest absolute Gasteiger partial charge is 0.316 e. The number of aliphatic carboxylic acids is 1. The molecule has 1 unspecified atom stereocenters. The van der Waals surface area contributed by atoms with Gasteiger partial charge in [0.15, 0.2) is 0 Å². The van der Waals surface area contributed by atoms with E-state index in [9.17, 15) is 9.90 Å². The van der Waals surface area contributed by atoms with Crippen LogP contribution in [0.15, 0.2) is 47.3 Å². The molecule has 0 saturated heterocycles. The third kappa shape index (κ3) is 3.63. The number of carboxylic acid groups (broad SMARTS) is 1. The molecule has 0 bridgehead atoms. The van der Waals surface area contributed by atoms with Crippen LogP contribution in [0.2, 0.25) is 0 Å². The summed E-state index contributed by atoms with van der Waals surface area (Å²) in [5.74, 6) is -0.201. The quantitative estimate of drug-likeness (QED) is 0.868. The topological polar surface area (TPSA) is 63.3 Å². The van der Waals surface area contributed by atoms with Gasteiger partial charge in [-0.05, 0) is 12.0 Å². The third-order valence-electron chi connectivity index (χ3n) is 2.47. The minimum atomic E-state index is -0.791. The van der Waals surface area contributed by atoms with Gasteiger partial charge in [0.2, 0.25) is 0 Å². The Balaban J connectivity index is 1.94. The number of aromatic nitrogens is 1. The fraction of sp³-hybridized carbons (Fsp3) is 0.231. The fourth-order valence-electron chi connectivity index (χ4n) is 1.54. The van der Waals surface area contributed by atoms with Crippen molar-refractivity contribution in [3.8, 4) is 0 Å². The molecular weight excluding hydrogens is 250 g/mol. The van der Waals surface area contributed by atoms with E-state index in [-0.39, 0.29) is 0 Å². The van der Waals surface area contributed by atoms with E-state index >= 15 is 0 Å². The van der Waals surface area contributed by atoms with Crippen LogP contribution in [-0.4, -0.2) is 21.5 Å². The number of hydrogen-bond acceptors (Lipinski definition) is 4. The monoisotopic (exact) mass is 263 g/mol. The number of hydrogen-bond donors (Lipinski definition) is 1. The summed E-state index contributed by atoms with van der Waals surface area (Å²) in [6.07, 6.45) is 3.66. The molecule has 4 nitrogen and oxygen atoms in total. The molecule has 18 heavy (non-hydrogen) atoms.